The van der Waals surface area contributed by atoms with Crippen LogP contribution in [0.1, 0.15) is 44.9 Å². The Bertz CT molecular complexity index is 1830. The number of allylic oxidation sites excluding steroid dienone is 2. The molecule has 0 saturated heterocycles. The third-order valence-corrected chi connectivity index (χ3v) is 8.44. The van der Waals surface area contributed by atoms with Crippen molar-refractivity contribution in [2.45, 2.75) is 33.7 Å². The minimum absolute atomic E-state index is 0.135. The molecule has 5 rings (SSSR count). The van der Waals surface area contributed by atoms with Gasteiger partial charge in [0.25, 0.3) is 5.56 Å². The molecule has 0 amide bonds. The molecule has 40 heavy (non-hydrogen) atoms. The van der Waals surface area contributed by atoms with Crippen LogP contribution in [0, 0.1) is 0 Å². The Morgan fingerprint density at radius 1 is 1.05 bits per heavy atom. The average Bonchev–Trinajstić information content (AvgIpc) is 3.26. The van der Waals surface area contributed by atoms with Gasteiger partial charge in [0.2, 0.25) is 0 Å². The second-order valence-electron chi connectivity index (χ2n) is 9.64. The lowest BCUT2D eigenvalue weighted by Gasteiger charge is -2.27. The largest absolute Gasteiger partial charge is 0.496 e. The zero-order valence-corrected chi connectivity index (χ0v) is 24.5. The monoisotopic (exact) mass is 555 g/mol. The van der Waals surface area contributed by atoms with Crippen molar-refractivity contribution in [3.8, 4) is 11.5 Å². The van der Waals surface area contributed by atoms with Crippen LogP contribution in [0.5, 0.6) is 11.5 Å². The number of nitrogens with zero attached hydrogens (tertiary/aromatic N) is 3. The first-order valence-corrected chi connectivity index (χ1v) is 14.2. The van der Waals surface area contributed by atoms with Gasteiger partial charge in [-0.2, -0.15) is 0 Å². The van der Waals surface area contributed by atoms with Crippen LogP contribution in [0.15, 0.2) is 75.7 Å². The molecule has 8 heteroatoms. The van der Waals surface area contributed by atoms with Gasteiger partial charge in [-0.15, -0.1) is 0 Å². The molecule has 0 fully saturated rings. The van der Waals surface area contributed by atoms with Crippen LogP contribution in [-0.2, 0) is 4.79 Å². The van der Waals surface area contributed by atoms with Gasteiger partial charge < -0.3 is 14.4 Å². The van der Waals surface area contributed by atoms with Crippen molar-refractivity contribution in [1.82, 2.24) is 4.57 Å². The Hall–Kier alpha value is -4.17. The third-order valence-electron chi connectivity index (χ3n) is 7.46. The van der Waals surface area contributed by atoms with Gasteiger partial charge in [-0.3, -0.25) is 14.2 Å². The lowest BCUT2D eigenvalue weighted by Crippen LogP contribution is -2.39. The number of hydrogen-bond acceptors (Lipinski definition) is 7. The van der Waals surface area contributed by atoms with Crippen molar-refractivity contribution in [2.75, 3.05) is 32.2 Å². The number of hydrogen-bond donors (Lipinski definition) is 0. The van der Waals surface area contributed by atoms with Crippen LogP contribution in [0.3, 0.4) is 0 Å². The number of anilines is 1. The highest BCUT2D eigenvalue weighted by molar-refractivity contribution is 7.07. The molecule has 1 unspecified atom stereocenters. The first-order valence-electron chi connectivity index (χ1n) is 13.3. The Morgan fingerprint density at radius 2 is 1.77 bits per heavy atom. The summed E-state index contributed by atoms with van der Waals surface area (Å²) < 4.78 is 13.7. The van der Waals surface area contributed by atoms with E-state index in [2.05, 4.69) is 18.7 Å². The number of fused-ring (bicyclic) bond motifs is 2. The molecule has 0 bridgehead atoms. The number of Topliss-reactive ketones (excluding diaryl/α,β-unsaturated/α-hetero) is 1. The topological polar surface area (TPSA) is 73.1 Å². The second-order valence-corrected chi connectivity index (χ2v) is 10.6. The van der Waals surface area contributed by atoms with Crippen LogP contribution < -0.4 is 29.3 Å². The van der Waals surface area contributed by atoms with Crippen LogP contribution in [0.2, 0.25) is 0 Å². The first kappa shape index (κ1) is 27.4. The van der Waals surface area contributed by atoms with Crippen molar-refractivity contribution in [1.29, 1.82) is 0 Å². The Morgan fingerprint density at radius 3 is 2.45 bits per heavy atom. The smallest absolute Gasteiger partial charge is 0.271 e. The molecule has 1 atom stereocenters. The lowest BCUT2D eigenvalue weighted by molar-refractivity contribution is -0.114. The summed E-state index contributed by atoms with van der Waals surface area (Å²) in [5.74, 6) is 1.16. The molecule has 0 radical (unpaired) electrons. The number of carbonyl (C=O) groups is 1. The van der Waals surface area contributed by atoms with E-state index in [1.807, 2.05) is 67.6 Å². The molecule has 0 N–H and O–H groups in total. The summed E-state index contributed by atoms with van der Waals surface area (Å²) in [4.78, 5) is 34.7. The third kappa shape index (κ3) is 4.62. The number of thiazole rings is 1. The van der Waals surface area contributed by atoms with E-state index in [9.17, 15) is 9.59 Å². The molecule has 7 nitrogen and oxygen atoms in total. The van der Waals surface area contributed by atoms with Gasteiger partial charge in [0.05, 0.1) is 24.8 Å². The fourth-order valence-corrected chi connectivity index (χ4v) is 6.56. The van der Waals surface area contributed by atoms with Crippen LogP contribution in [0.25, 0.3) is 16.8 Å². The Balaban J connectivity index is 1.77. The molecular formula is C32H33N3O4S. The zero-order chi connectivity index (χ0) is 28.6. The highest BCUT2D eigenvalue weighted by Crippen LogP contribution is 2.40. The maximum atomic E-state index is 14.1. The first-order chi connectivity index (χ1) is 19.3. The van der Waals surface area contributed by atoms with E-state index < -0.39 is 6.04 Å². The normalized spacial score (nSPS) is 15.2. The summed E-state index contributed by atoms with van der Waals surface area (Å²) in [7, 11) is 3.24. The standard InChI is InChI=1S/C32H33N3O4S/c1-7-34(8-2)23-15-13-22(26(18-23)39-6)17-27-31(37)35-30(28(20(4)36)19(3)33-32(35)40-27)29-24-12-10-9-11-21(24)14-16-25(29)38-5/h9-18,30H,7-8H2,1-6H3. The van der Waals surface area contributed by atoms with Crippen molar-refractivity contribution >= 4 is 39.7 Å². The van der Waals surface area contributed by atoms with E-state index in [1.54, 1.807) is 18.8 Å². The van der Waals surface area contributed by atoms with Gasteiger partial charge >= 0.3 is 0 Å². The highest BCUT2D eigenvalue weighted by atomic mass is 32.1. The molecule has 3 aromatic carbocycles. The van der Waals surface area contributed by atoms with Crippen molar-refractivity contribution in [3.63, 3.8) is 0 Å². The molecule has 1 aromatic heterocycles. The number of benzene rings is 3. The fraction of sp³-hybridized carbons (Fsp3) is 0.281. The minimum Gasteiger partial charge on any atom is -0.496 e. The van der Waals surface area contributed by atoms with Crippen LogP contribution in [-0.4, -0.2) is 37.7 Å². The molecule has 4 aromatic rings. The van der Waals surface area contributed by atoms with E-state index >= 15 is 0 Å². The Kier molecular flexibility index (Phi) is 7.63. The summed E-state index contributed by atoms with van der Waals surface area (Å²) in [6.45, 7) is 9.34. The molecule has 1 aliphatic heterocycles. The van der Waals surface area contributed by atoms with E-state index in [1.165, 1.54) is 18.3 Å². The predicted octanol–water partition coefficient (Wildman–Crippen LogP) is 4.84. The van der Waals surface area contributed by atoms with Gasteiger partial charge in [0, 0.05) is 47.2 Å². The summed E-state index contributed by atoms with van der Waals surface area (Å²) in [6.07, 6.45) is 1.85. The molecule has 1 aliphatic rings. The molecule has 0 spiro atoms. The highest BCUT2D eigenvalue weighted by Gasteiger charge is 2.33. The minimum atomic E-state index is -0.677. The predicted molar refractivity (Wildman–Crippen MR) is 162 cm³/mol. The fourth-order valence-electron chi connectivity index (χ4n) is 5.53. The SMILES string of the molecule is CCN(CC)c1ccc(C=c2sc3n(c2=O)C(c2c(OC)ccc4ccccc24)C(C(C)=O)=C(C)N=3)c(OC)c1. The van der Waals surface area contributed by atoms with E-state index in [0.717, 1.165) is 40.7 Å². The number of ketones is 1. The summed E-state index contributed by atoms with van der Waals surface area (Å²) in [5.41, 5.74) is 3.49. The molecule has 0 aliphatic carbocycles. The van der Waals surface area contributed by atoms with Crippen molar-refractivity contribution in [2.24, 2.45) is 4.99 Å². The van der Waals surface area contributed by atoms with E-state index in [0.29, 0.717) is 32.1 Å². The Labute approximate surface area is 237 Å². The summed E-state index contributed by atoms with van der Waals surface area (Å²) in [6, 6.07) is 17.1. The number of carbonyl (C=O) groups excluding carboxylic acids is 1. The molecular weight excluding hydrogens is 522 g/mol. The summed E-state index contributed by atoms with van der Waals surface area (Å²) in [5, 5.41) is 1.92. The zero-order valence-electron chi connectivity index (χ0n) is 23.6. The quantitative estimate of drug-likeness (QED) is 0.311. The van der Waals surface area contributed by atoms with Gasteiger partial charge in [0.15, 0.2) is 10.6 Å². The van der Waals surface area contributed by atoms with E-state index in [4.69, 9.17) is 14.5 Å². The van der Waals surface area contributed by atoms with Gasteiger partial charge in [-0.25, -0.2) is 4.99 Å². The molecule has 0 saturated carbocycles. The molecule has 2 heterocycles. The van der Waals surface area contributed by atoms with Gasteiger partial charge in [0.1, 0.15) is 11.5 Å². The molecule has 206 valence electrons. The maximum Gasteiger partial charge on any atom is 0.271 e. The van der Waals surface area contributed by atoms with E-state index in [-0.39, 0.29) is 11.3 Å². The van der Waals surface area contributed by atoms with Crippen molar-refractivity contribution in [3.05, 3.63) is 96.7 Å². The number of aromatic nitrogens is 1. The van der Waals surface area contributed by atoms with Gasteiger partial charge in [-0.05, 0) is 62.7 Å². The maximum absolute atomic E-state index is 14.1. The summed E-state index contributed by atoms with van der Waals surface area (Å²) >= 11 is 1.31. The van der Waals surface area contributed by atoms with Crippen molar-refractivity contribution < 1.29 is 14.3 Å². The number of ether oxygens (including phenoxy) is 2. The lowest BCUT2D eigenvalue weighted by atomic mass is 9.89. The van der Waals surface area contributed by atoms with Gasteiger partial charge in [-0.1, -0.05) is 41.7 Å². The average molecular weight is 556 g/mol. The second kappa shape index (κ2) is 11.1. The van der Waals surface area contributed by atoms with Crippen LogP contribution >= 0.6 is 11.3 Å². The number of rotatable bonds is 8. The number of methoxy groups -OCH3 is 2. The van der Waals surface area contributed by atoms with Crippen LogP contribution in [0.4, 0.5) is 5.69 Å².